The molecular weight excluding hydrogens is 340 g/mol. The first-order chi connectivity index (χ1) is 13.1. The van der Waals surface area contributed by atoms with Gasteiger partial charge >= 0.3 is 0 Å². The van der Waals surface area contributed by atoms with Crippen molar-refractivity contribution >= 4 is 5.91 Å². The topological polar surface area (TPSA) is 50.8 Å². The summed E-state index contributed by atoms with van der Waals surface area (Å²) >= 11 is 0. The molecule has 1 saturated carbocycles. The lowest BCUT2D eigenvalue weighted by Gasteiger charge is -2.28. The normalized spacial score (nSPS) is 14.7. The Morgan fingerprint density at radius 3 is 2.00 bits per heavy atom. The molecule has 0 aromatic heterocycles. The molecular formula is C22H28N2O3. The van der Waals surface area contributed by atoms with E-state index in [1.54, 1.807) is 14.2 Å². The third kappa shape index (κ3) is 5.23. The Hall–Kier alpha value is -2.53. The Kier molecular flexibility index (Phi) is 6.35. The Balaban J connectivity index is 1.58. The fraction of sp³-hybridized carbons (Fsp3) is 0.409. The number of ether oxygens (including phenoxy) is 2. The quantitative estimate of drug-likeness (QED) is 0.737. The maximum atomic E-state index is 12.7. The lowest BCUT2D eigenvalue weighted by molar-refractivity contribution is -0.126. The van der Waals surface area contributed by atoms with Gasteiger partial charge in [0.2, 0.25) is 5.91 Å². The van der Waals surface area contributed by atoms with E-state index in [0.29, 0.717) is 12.6 Å². The second-order valence-electron chi connectivity index (χ2n) is 6.99. The summed E-state index contributed by atoms with van der Waals surface area (Å²) in [6, 6.07) is 16.2. The minimum absolute atomic E-state index is 0.0613. The maximum absolute atomic E-state index is 12.7. The Morgan fingerprint density at radius 2 is 1.52 bits per heavy atom. The van der Waals surface area contributed by atoms with Crippen LogP contribution in [0.15, 0.2) is 48.5 Å². The van der Waals surface area contributed by atoms with Crippen LogP contribution in [0.5, 0.6) is 11.5 Å². The second kappa shape index (κ2) is 8.91. The zero-order valence-corrected chi connectivity index (χ0v) is 16.3. The van der Waals surface area contributed by atoms with Crippen LogP contribution >= 0.6 is 0 Å². The summed E-state index contributed by atoms with van der Waals surface area (Å²) in [5.41, 5.74) is 2.25. The van der Waals surface area contributed by atoms with Crippen molar-refractivity contribution in [3.63, 3.8) is 0 Å². The molecule has 5 heteroatoms. The molecule has 5 nitrogen and oxygen atoms in total. The van der Waals surface area contributed by atoms with Crippen LogP contribution in [0.1, 0.15) is 30.9 Å². The molecule has 0 bridgehead atoms. The number of nitrogens with one attached hydrogen (secondary N) is 1. The summed E-state index contributed by atoms with van der Waals surface area (Å²) in [4.78, 5) is 15.0. The van der Waals surface area contributed by atoms with Gasteiger partial charge in [-0.2, -0.15) is 0 Å². The molecule has 1 aliphatic rings. The Bertz CT molecular complexity index is 739. The summed E-state index contributed by atoms with van der Waals surface area (Å²) < 4.78 is 10.4. The molecule has 0 radical (unpaired) electrons. The van der Waals surface area contributed by atoms with E-state index in [4.69, 9.17) is 9.47 Å². The van der Waals surface area contributed by atoms with E-state index in [9.17, 15) is 4.79 Å². The van der Waals surface area contributed by atoms with Gasteiger partial charge in [-0.15, -0.1) is 0 Å². The van der Waals surface area contributed by atoms with Crippen LogP contribution in [0.2, 0.25) is 0 Å². The minimum atomic E-state index is -0.169. The number of amides is 1. The molecule has 1 N–H and O–H groups in total. The first-order valence-corrected chi connectivity index (χ1v) is 9.40. The highest BCUT2D eigenvalue weighted by atomic mass is 16.5. The van der Waals surface area contributed by atoms with Crippen LogP contribution in [0.3, 0.4) is 0 Å². The van der Waals surface area contributed by atoms with Crippen molar-refractivity contribution < 1.29 is 14.3 Å². The van der Waals surface area contributed by atoms with E-state index < -0.39 is 0 Å². The summed E-state index contributed by atoms with van der Waals surface area (Å²) in [5, 5.41) is 3.06. The van der Waals surface area contributed by atoms with Gasteiger partial charge in [-0.05, 0) is 55.2 Å². The predicted molar refractivity (Wildman–Crippen MR) is 106 cm³/mol. The Labute approximate surface area is 161 Å². The minimum Gasteiger partial charge on any atom is -0.497 e. The molecule has 0 aliphatic heterocycles. The molecule has 0 unspecified atom stereocenters. The van der Waals surface area contributed by atoms with E-state index in [2.05, 4.69) is 22.3 Å². The molecule has 2 aromatic carbocycles. The van der Waals surface area contributed by atoms with Crippen molar-refractivity contribution in [1.82, 2.24) is 10.2 Å². The third-order valence-electron chi connectivity index (χ3n) is 5.04. The molecule has 1 atom stereocenters. The van der Waals surface area contributed by atoms with Crippen molar-refractivity contribution in [3.8, 4) is 11.5 Å². The first-order valence-electron chi connectivity index (χ1n) is 9.40. The summed E-state index contributed by atoms with van der Waals surface area (Å²) in [7, 11) is 3.31. The van der Waals surface area contributed by atoms with Crippen molar-refractivity contribution in [1.29, 1.82) is 0 Å². The van der Waals surface area contributed by atoms with Gasteiger partial charge in [0.1, 0.15) is 11.5 Å². The average molecular weight is 368 g/mol. The molecule has 3 rings (SSSR count). The van der Waals surface area contributed by atoms with Crippen molar-refractivity contribution in [2.24, 2.45) is 0 Å². The van der Waals surface area contributed by atoms with Gasteiger partial charge < -0.3 is 14.8 Å². The molecule has 144 valence electrons. The van der Waals surface area contributed by atoms with E-state index >= 15 is 0 Å². The second-order valence-corrected chi connectivity index (χ2v) is 6.99. The number of carbonyl (C=O) groups is 1. The number of hydrogen-bond acceptors (Lipinski definition) is 4. The van der Waals surface area contributed by atoms with Gasteiger partial charge in [0.25, 0.3) is 0 Å². The lowest BCUT2D eigenvalue weighted by atomic mass is 10.1. The van der Waals surface area contributed by atoms with Crippen LogP contribution < -0.4 is 14.8 Å². The van der Waals surface area contributed by atoms with Gasteiger partial charge in [-0.25, -0.2) is 0 Å². The fourth-order valence-electron chi connectivity index (χ4n) is 3.16. The van der Waals surface area contributed by atoms with E-state index in [1.807, 2.05) is 43.3 Å². The van der Waals surface area contributed by atoms with Crippen LogP contribution in [-0.4, -0.2) is 37.1 Å². The molecule has 0 spiro atoms. The Morgan fingerprint density at radius 1 is 1.00 bits per heavy atom. The van der Waals surface area contributed by atoms with Crippen molar-refractivity contribution in [3.05, 3.63) is 59.7 Å². The summed E-state index contributed by atoms with van der Waals surface area (Å²) in [6.07, 6.45) is 2.32. The standard InChI is InChI=1S/C22H28N2O3/c1-16(22(25)23-14-17-4-10-20(26-2)11-5-17)24(19-8-9-19)15-18-6-12-21(27-3)13-7-18/h4-7,10-13,16,19H,8-9,14-15H2,1-3H3,(H,23,25)/t16-/m1/s1. The number of hydrogen-bond donors (Lipinski definition) is 1. The molecule has 0 heterocycles. The van der Waals surface area contributed by atoms with Crippen LogP contribution in [-0.2, 0) is 17.9 Å². The molecule has 1 fully saturated rings. The van der Waals surface area contributed by atoms with Gasteiger partial charge in [0.05, 0.1) is 20.3 Å². The van der Waals surface area contributed by atoms with Crippen molar-refractivity contribution in [2.75, 3.05) is 14.2 Å². The monoisotopic (exact) mass is 368 g/mol. The van der Waals surface area contributed by atoms with E-state index in [1.165, 1.54) is 5.56 Å². The highest BCUT2D eigenvalue weighted by Gasteiger charge is 2.34. The van der Waals surface area contributed by atoms with Gasteiger partial charge in [-0.1, -0.05) is 24.3 Å². The smallest absolute Gasteiger partial charge is 0.237 e. The zero-order valence-electron chi connectivity index (χ0n) is 16.3. The third-order valence-corrected chi connectivity index (χ3v) is 5.04. The number of nitrogens with zero attached hydrogens (tertiary/aromatic N) is 1. The van der Waals surface area contributed by atoms with Crippen LogP contribution in [0.25, 0.3) is 0 Å². The number of carbonyl (C=O) groups excluding carboxylic acids is 1. The zero-order chi connectivity index (χ0) is 19.2. The molecule has 27 heavy (non-hydrogen) atoms. The SMILES string of the molecule is COc1ccc(CNC(=O)[C@@H](C)N(Cc2ccc(OC)cc2)C2CC2)cc1. The number of methoxy groups -OCH3 is 2. The summed E-state index contributed by atoms with van der Waals surface area (Å²) in [5.74, 6) is 1.73. The van der Waals surface area contributed by atoms with Gasteiger partial charge in [0, 0.05) is 19.1 Å². The largest absolute Gasteiger partial charge is 0.497 e. The van der Waals surface area contributed by atoms with Crippen molar-refractivity contribution in [2.45, 2.75) is 44.9 Å². The number of rotatable bonds is 9. The van der Waals surface area contributed by atoms with Gasteiger partial charge in [-0.3, -0.25) is 9.69 Å². The molecule has 1 aliphatic carbocycles. The van der Waals surface area contributed by atoms with Crippen LogP contribution in [0, 0.1) is 0 Å². The van der Waals surface area contributed by atoms with E-state index in [-0.39, 0.29) is 11.9 Å². The first kappa shape index (κ1) is 19.2. The lowest BCUT2D eigenvalue weighted by Crippen LogP contribution is -2.45. The highest BCUT2D eigenvalue weighted by molar-refractivity contribution is 5.81. The maximum Gasteiger partial charge on any atom is 0.237 e. The molecule has 0 saturated heterocycles. The molecule has 1 amide bonds. The van der Waals surface area contributed by atoms with E-state index in [0.717, 1.165) is 36.4 Å². The fourth-order valence-corrected chi connectivity index (χ4v) is 3.16. The predicted octanol–water partition coefficient (Wildman–Crippen LogP) is 3.37. The van der Waals surface area contributed by atoms with Gasteiger partial charge in [0.15, 0.2) is 0 Å². The van der Waals surface area contributed by atoms with Crippen LogP contribution in [0.4, 0.5) is 0 Å². The highest BCUT2D eigenvalue weighted by Crippen LogP contribution is 2.30. The summed E-state index contributed by atoms with van der Waals surface area (Å²) in [6.45, 7) is 3.28. The average Bonchev–Trinajstić information content (AvgIpc) is 3.55. The molecule has 2 aromatic rings. The number of benzene rings is 2.